The van der Waals surface area contributed by atoms with E-state index in [1.54, 1.807) is 18.1 Å². The number of hydrogen-bond acceptors (Lipinski definition) is 5. The first-order chi connectivity index (χ1) is 14.5. The van der Waals surface area contributed by atoms with Gasteiger partial charge in [0.25, 0.3) is 5.91 Å². The van der Waals surface area contributed by atoms with Crippen molar-refractivity contribution in [1.82, 2.24) is 4.90 Å². The molecule has 2 heterocycles. The highest BCUT2D eigenvalue weighted by Gasteiger charge is 2.52. The Labute approximate surface area is 177 Å². The van der Waals surface area contributed by atoms with Crippen molar-refractivity contribution in [2.75, 3.05) is 26.9 Å². The molecule has 3 aliphatic rings. The van der Waals surface area contributed by atoms with Crippen molar-refractivity contribution in [2.45, 2.75) is 38.3 Å². The molecule has 6 nitrogen and oxygen atoms in total. The summed E-state index contributed by atoms with van der Waals surface area (Å²) in [5.74, 6) is 1.05. The van der Waals surface area contributed by atoms with Gasteiger partial charge in [0.05, 0.1) is 24.1 Å². The summed E-state index contributed by atoms with van der Waals surface area (Å²) in [5, 5.41) is 0. The van der Waals surface area contributed by atoms with Crippen molar-refractivity contribution in [2.24, 2.45) is 11.8 Å². The van der Waals surface area contributed by atoms with Gasteiger partial charge in [0.15, 0.2) is 11.5 Å². The molecule has 0 bridgehead atoms. The number of nitrogens with zero attached hydrogens (tertiary/aromatic N) is 1. The molecule has 6 heteroatoms. The summed E-state index contributed by atoms with van der Waals surface area (Å²) >= 11 is 0. The van der Waals surface area contributed by atoms with E-state index in [9.17, 15) is 9.59 Å². The van der Waals surface area contributed by atoms with Crippen LogP contribution in [0.1, 0.15) is 37.8 Å². The van der Waals surface area contributed by atoms with Crippen LogP contribution in [0.15, 0.2) is 48.3 Å². The lowest BCUT2D eigenvalue weighted by molar-refractivity contribution is -0.136. The zero-order valence-corrected chi connectivity index (χ0v) is 17.6. The molecule has 160 valence electrons. The highest BCUT2D eigenvalue weighted by molar-refractivity contribution is 6.11. The first-order valence-electron chi connectivity index (χ1n) is 10.6. The maximum absolute atomic E-state index is 13.6. The van der Waals surface area contributed by atoms with E-state index in [0.717, 1.165) is 24.8 Å². The highest BCUT2D eigenvalue weighted by Crippen LogP contribution is 2.47. The molecule has 4 atom stereocenters. The van der Waals surface area contributed by atoms with Crippen LogP contribution in [0.3, 0.4) is 0 Å². The minimum atomic E-state index is -0.486. The Morgan fingerprint density at radius 2 is 2.13 bits per heavy atom. The number of Topliss-reactive ketones (excluding diaryl/α,β-unsaturated/α-hetero) is 1. The van der Waals surface area contributed by atoms with E-state index < -0.39 is 6.04 Å². The maximum Gasteiger partial charge on any atom is 0.290 e. The fourth-order valence-electron chi connectivity index (χ4n) is 4.82. The molecule has 1 saturated carbocycles. The van der Waals surface area contributed by atoms with Gasteiger partial charge in [-0.15, -0.1) is 0 Å². The maximum atomic E-state index is 13.6. The van der Waals surface area contributed by atoms with Crippen LogP contribution < -0.4 is 4.74 Å². The number of amides is 1. The molecular formula is C24H29NO5. The Morgan fingerprint density at radius 1 is 1.30 bits per heavy atom. The summed E-state index contributed by atoms with van der Waals surface area (Å²) in [6, 6.07) is 7.07. The normalized spacial score (nSPS) is 28.1. The Morgan fingerprint density at radius 3 is 2.90 bits per heavy atom. The number of methoxy groups -OCH3 is 1. The van der Waals surface area contributed by atoms with Crippen molar-refractivity contribution < 1.29 is 23.8 Å². The molecular weight excluding hydrogens is 382 g/mol. The van der Waals surface area contributed by atoms with Gasteiger partial charge in [-0.05, 0) is 42.9 Å². The predicted octanol–water partition coefficient (Wildman–Crippen LogP) is 3.44. The number of ketones is 1. The van der Waals surface area contributed by atoms with Gasteiger partial charge in [0.1, 0.15) is 18.5 Å². The molecule has 0 spiro atoms. The van der Waals surface area contributed by atoms with E-state index in [0.29, 0.717) is 37.0 Å². The first-order valence-corrected chi connectivity index (χ1v) is 10.6. The van der Waals surface area contributed by atoms with Crippen LogP contribution in [0.5, 0.6) is 5.75 Å². The third-order valence-corrected chi connectivity index (χ3v) is 6.28. The van der Waals surface area contributed by atoms with Gasteiger partial charge in [-0.2, -0.15) is 0 Å². The molecule has 0 radical (unpaired) electrons. The standard InChI is InChI=1S/C24H29NO5/c1-4-11-29-17-7-5-6-16(14-17)21-20-22(26)18-13-15(2)8-9-19(18)30-23(20)24(27)25(21)10-12-28-3/h4-7,14-15,18-19,21H,1,8-13H2,2-3H3. The molecule has 0 N–H and O–H groups in total. The van der Waals surface area contributed by atoms with Crippen molar-refractivity contribution in [3.8, 4) is 5.75 Å². The van der Waals surface area contributed by atoms with E-state index in [-0.39, 0.29) is 29.5 Å². The molecule has 4 unspecified atom stereocenters. The number of carbonyl (C=O) groups excluding carboxylic acids is 2. The number of rotatable bonds is 7. The Balaban J connectivity index is 1.73. The van der Waals surface area contributed by atoms with Gasteiger partial charge >= 0.3 is 0 Å². The number of ether oxygens (including phenoxy) is 3. The van der Waals surface area contributed by atoms with E-state index in [2.05, 4.69) is 13.5 Å². The zero-order chi connectivity index (χ0) is 21.3. The fourth-order valence-corrected chi connectivity index (χ4v) is 4.82. The van der Waals surface area contributed by atoms with Crippen LogP contribution in [0.4, 0.5) is 0 Å². The topological polar surface area (TPSA) is 65.1 Å². The summed E-state index contributed by atoms with van der Waals surface area (Å²) in [7, 11) is 1.60. The van der Waals surface area contributed by atoms with Gasteiger partial charge in [0.2, 0.25) is 0 Å². The monoisotopic (exact) mass is 411 g/mol. The van der Waals surface area contributed by atoms with E-state index >= 15 is 0 Å². The average molecular weight is 411 g/mol. The van der Waals surface area contributed by atoms with E-state index in [1.165, 1.54) is 0 Å². The molecule has 1 aromatic carbocycles. The first kappa shape index (κ1) is 20.7. The summed E-state index contributed by atoms with van der Waals surface area (Å²) in [5.41, 5.74) is 1.33. The van der Waals surface area contributed by atoms with Crippen molar-refractivity contribution in [3.05, 3.63) is 53.8 Å². The van der Waals surface area contributed by atoms with Gasteiger partial charge in [-0.1, -0.05) is 31.7 Å². The van der Waals surface area contributed by atoms with E-state index in [1.807, 2.05) is 24.3 Å². The van der Waals surface area contributed by atoms with Crippen molar-refractivity contribution in [1.29, 1.82) is 0 Å². The molecule has 0 saturated heterocycles. The lowest BCUT2D eigenvalue weighted by atomic mass is 9.74. The number of hydrogen-bond donors (Lipinski definition) is 0. The lowest BCUT2D eigenvalue weighted by Crippen LogP contribution is -2.41. The molecule has 2 aliphatic heterocycles. The minimum Gasteiger partial charge on any atom is -0.490 e. The summed E-state index contributed by atoms with van der Waals surface area (Å²) < 4.78 is 17.1. The number of fused-ring (bicyclic) bond motifs is 1. The van der Waals surface area contributed by atoms with Crippen LogP contribution in [0, 0.1) is 11.8 Å². The molecule has 1 aliphatic carbocycles. The van der Waals surface area contributed by atoms with Crippen molar-refractivity contribution in [3.63, 3.8) is 0 Å². The fraction of sp³-hybridized carbons (Fsp3) is 0.500. The third kappa shape index (κ3) is 3.65. The second kappa shape index (κ2) is 8.64. The molecule has 0 aromatic heterocycles. The molecule has 1 aromatic rings. The van der Waals surface area contributed by atoms with Crippen molar-refractivity contribution >= 4 is 11.7 Å². The quantitative estimate of drug-likeness (QED) is 0.643. The molecule has 1 fully saturated rings. The van der Waals surface area contributed by atoms with E-state index in [4.69, 9.17) is 14.2 Å². The smallest absolute Gasteiger partial charge is 0.290 e. The lowest BCUT2D eigenvalue weighted by Gasteiger charge is -2.37. The number of carbonyl (C=O) groups is 2. The largest absolute Gasteiger partial charge is 0.490 e. The van der Waals surface area contributed by atoms with Gasteiger partial charge in [0, 0.05) is 13.7 Å². The highest BCUT2D eigenvalue weighted by atomic mass is 16.5. The molecule has 1 amide bonds. The molecule has 4 rings (SSSR count). The average Bonchev–Trinajstić information content (AvgIpc) is 3.03. The SMILES string of the molecule is C=CCOc1cccc(C2C3=C(OC4CCC(C)CC4C3=O)C(=O)N2CCOC)c1. The summed E-state index contributed by atoms with van der Waals surface area (Å²) in [6.07, 6.45) is 4.13. The third-order valence-electron chi connectivity index (χ3n) is 6.28. The van der Waals surface area contributed by atoms with Gasteiger partial charge in [-0.25, -0.2) is 0 Å². The summed E-state index contributed by atoms with van der Waals surface area (Å²) in [4.78, 5) is 28.6. The number of benzene rings is 1. The second-order valence-electron chi connectivity index (χ2n) is 8.35. The second-order valence-corrected chi connectivity index (χ2v) is 8.35. The van der Waals surface area contributed by atoms with Crippen LogP contribution in [-0.4, -0.2) is 49.6 Å². The predicted molar refractivity (Wildman–Crippen MR) is 112 cm³/mol. The minimum absolute atomic E-state index is 0.0588. The molecule has 30 heavy (non-hydrogen) atoms. The van der Waals surface area contributed by atoms with Gasteiger partial charge in [-0.3, -0.25) is 9.59 Å². The van der Waals surface area contributed by atoms with Gasteiger partial charge < -0.3 is 19.1 Å². The Kier molecular flexibility index (Phi) is 5.95. The van der Waals surface area contributed by atoms with Crippen LogP contribution in [0.2, 0.25) is 0 Å². The van der Waals surface area contributed by atoms with Crippen LogP contribution in [-0.2, 0) is 19.1 Å². The Hall–Kier alpha value is -2.60. The van der Waals surface area contributed by atoms with Crippen LogP contribution >= 0.6 is 0 Å². The Bertz CT molecular complexity index is 876. The summed E-state index contributed by atoms with van der Waals surface area (Å²) in [6.45, 7) is 7.01. The van der Waals surface area contributed by atoms with Crippen LogP contribution in [0.25, 0.3) is 0 Å². The zero-order valence-electron chi connectivity index (χ0n) is 17.6.